The van der Waals surface area contributed by atoms with Gasteiger partial charge in [0.2, 0.25) is 0 Å². The van der Waals surface area contributed by atoms with E-state index >= 15 is 0 Å². The third-order valence-corrected chi connectivity index (χ3v) is 3.02. The number of rotatable bonds is 1. The lowest BCUT2D eigenvalue weighted by atomic mass is 9.92. The van der Waals surface area contributed by atoms with E-state index in [-0.39, 0.29) is 0 Å². The lowest BCUT2D eigenvalue weighted by Crippen LogP contribution is -2.29. The summed E-state index contributed by atoms with van der Waals surface area (Å²) in [6.45, 7) is 1.35. The van der Waals surface area contributed by atoms with Crippen molar-refractivity contribution in [2.45, 2.75) is 12.0 Å². The molecule has 76 valence electrons. The Kier molecular flexibility index (Phi) is 2.39. The molecule has 1 aliphatic heterocycles. The summed E-state index contributed by atoms with van der Waals surface area (Å²) in [5.74, 6) is 0. The van der Waals surface area contributed by atoms with E-state index < -0.39 is 5.60 Å². The van der Waals surface area contributed by atoms with Crippen LogP contribution in [0.15, 0.2) is 18.2 Å². The molecule has 0 bridgehead atoms. The molecule has 0 aromatic heterocycles. The number of nitrogen functional groups attached to an aromatic ring is 1. The SMILES string of the molecule is Nc1c(Cl)cccc1C1(O)CCNC1. The first-order valence-electron chi connectivity index (χ1n) is 4.61. The van der Waals surface area contributed by atoms with Gasteiger partial charge in [-0.05, 0) is 19.0 Å². The van der Waals surface area contributed by atoms with Crippen LogP contribution in [0, 0.1) is 0 Å². The van der Waals surface area contributed by atoms with Crippen LogP contribution in [0.1, 0.15) is 12.0 Å². The van der Waals surface area contributed by atoms with E-state index in [9.17, 15) is 5.11 Å². The largest absolute Gasteiger partial charge is 0.397 e. The highest BCUT2D eigenvalue weighted by atomic mass is 35.5. The van der Waals surface area contributed by atoms with Crippen LogP contribution in [0.4, 0.5) is 5.69 Å². The highest BCUT2D eigenvalue weighted by Crippen LogP contribution is 2.34. The zero-order chi connectivity index (χ0) is 10.2. The maximum absolute atomic E-state index is 10.3. The normalized spacial score (nSPS) is 26.7. The van der Waals surface area contributed by atoms with Gasteiger partial charge in [0.15, 0.2) is 0 Å². The summed E-state index contributed by atoms with van der Waals surface area (Å²) >= 11 is 5.90. The first-order chi connectivity index (χ1) is 6.63. The number of nitrogens with one attached hydrogen (secondary N) is 1. The Morgan fingerprint density at radius 1 is 1.50 bits per heavy atom. The lowest BCUT2D eigenvalue weighted by Gasteiger charge is -2.23. The molecule has 1 aliphatic rings. The molecule has 0 spiro atoms. The molecular formula is C10H13ClN2O. The standard InChI is InChI=1S/C10H13ClN2O/c11-8-3-1-2-7(9(8)12)10(14)4-5-13-6-10/h1-3,13-14H,4-6,12H2. The maximum atomic E-state index is 10.3. The zero-order valence-electron chi connectivity index (χ0n) is 7.76. The highest BCUT2D eigenvalue weighted by molar-refractivity contribution is 6.33. The first-order valence-corrected chi connectivity index (χ1v) is 4.99. The Morgan fingerprint density at radius 3 is 2.93 bits per heavy atom. The highest BCUT2D eigenvalue weighted by Gasteiger charge is 2.34. The van der Waals surface area contributed by atoms with Gasteiger partial charge in [0.25, 0.3) is 0 Å². The fourth-order valence-electron chi connectivity index (χ4n) is 1.85. The van der Waals surface area contributed by atoms with Crippen LogP contribution < -0.4 is 11.1 Å². The van der Waals surface area contributed by atoms with E-state index in [0.29, 0.717) is 23.7 Å². The van der Waals surface area contributed by atoms with E-state index in [4.69, 9.17) is 17.3 Å². The molecule has 1 fully saturated rings. The Balaban J connectivity index is 2.45. The van der Waals surface area contributed by atoms with Gasteiger partial charge in [0, 0.05) is 12.1 Å². The van der Waals surface area contributed by atoms with Crippen molar-refractivity contribution in [1.29, 1.82) is 0 Å². The van der Waals surface area contributed by atoms with E-state index in [2.05, 4.69) is 5.32 Å². The van der Waals surface area contributed by atoms with Gasteiger partial charge in [-0.1, -0.05) is 23.7 Å². The minimum absolute atomic E-state index is 0.486. The second kappa shape index (κ2) is 3.42. The van der Waals surface area contributed by atoms with Crippen LogP contribution in [0.3, 0.4) is 0 Å². The van der Waals surface area contributed by atoms with Crippen LogP contribution in [-0.2, 0) is 5.60 Å². The number of halogens is 1. The summed E-state index contributed by atoms with van der Waals surface area (Å²) in [5, 5.41) is 13.9. The third-order valence-electron chi connectivity index (χ3n) is 2.69. The molecule has 0 aliphatic carbocycles. The molecule has 1 saturated heterocycles. The monoisotopic (exact) mass is 212 g/mol. The average molecular weight is 213 g/mol. The smallest absolute Gasteiger partial charge is 0.105 e. The Bertz CT molecular complexity index is 348. The first kappa shape index (κ1) is 9.77. The number of hydrogen-bond donors (Lipinski definition) is 3. The van der Waals surface area contributed by atoms with Crippen molar-refractivity contribution in [2.75, 3.05) is 18.8 Å². The van der Waals surface area contributed by atoms with Crippen LogP contribution in [-0.4, -0.2) is 18.2 Å². The fourth-order valence-corrected chi connectivity index (χ4v) is 2.03. The van der Waals surface area contributed by atoms with Crippen LogP contribution >= 0.6 is 11.6 Å². The summed E-state index contributed by atoms with van der Waals surface area (Å²) in [6, 6.07) is 5.37. The van der Waals surface area contributed by atoms with Crippen molar-refractivity contribution in [3.05, 3.63) is 28.8 Å². The molecule has 3 nitrogen and oxygen atoms in total. The molecule has 14 heavy (non-hydrogen) atoms. The van der Waals surface area contributed by atoms with E-state index in [1.54, 1.807) is 6.07 Å². The number of anilines is 1. The molecule has 0 radical (unpaired) electrons. The van der Waals surface area contributed by atoms with Gasteiger partial charge in [-0.15, -0.1) is 0 Å². The maximum Gasteiger partial charge on any atom is 0.105 e. The fraction of sp³-hybridized carbons (Fsp3) is 0.400. The van der Waals surface area contributed by atoms with Gasteiger partial charge in [0.1, 0.15) is 5.60 Å². The van der Waals surface area contributed by atoms with Crippen molar-refractivity contribution in [2.24, 2.45) is 0 Å². The van der Waals surface area contributed by atoms with Gasteiger partial charge >= 0.3 is 0 Å². The molecule has 1 heterocycles. The summed E-state index contributed by atoms with van der Waals surface area (Å²) < 4.78 is 0. The minimum Gasteiger partial charge on any atom is -0.397 e. The lowest BCUT2D eigenvalue weighted by molar-refractivity contribution is 0.0595. The van der Waals surface area contributed by atoms with Gasteiger partial charge in [0.05, 0.1) is 10.7 Å². The minimum atomic E-state index is -0.852. The van der Waals surface area contributed by atoms with E-state index in [1.807, 2.05) is 12.1 Å². The number of β-amino-alcohol motifs (C(OH)–C–C–N with tert-alkyl or cyclic N) is 1. The number of aliphatic hydroxyl groups is 1. The quantitative estimate of drug-likeness (QED) is 0.612. The predicted octanol–water partition coefficient (Wildman–Crippen LogP) is 1.10. The summed E-state index contributed by atoms with van der Waals surface area (Å²) in [7, 11) is 0. The van der Waals surface area contributed by atoms with Crippen LogP contribution in [0.25, 0.3) is 0 Å². The Labute approximate surface area is 87.9 Å². The van der Waals surface area contributed by atoms with Gasteiger partial charge in [-0.25, -0.2) is 0 Å². The van der Waals surface area contributed by atoms with Crippen molar-refractivity contribution in [1.82, 2.24) is 5.32 Å². The number of benzene rings is 1. The Morgan fingerprint density at radius 2 is 2.29 bits per heavy atom. The molecule has 1 aromatic carbocycles. The molecule has 0 saturated carbocycles. The molecule has 1 aromatic rings. The summed E-state index contributed by atoms with van der Waals surface area (Å²) in [4.78, 5) is 0. The topological polar surface area (TPSA) is 58.3 Å². The molecule has 1 unspecified atom stereocenters. The Hall–Kier alpha value is -0.770. The van der Waals surface area contributed by atoms with Gasteiger partial charge < -0.3 is 16.2 Å². The zero-order valence-corrected chi connectivity index (χ0v) is 8.51. The molecule has 2 rings (SSSR count). The molecule has 4 heteroatoms. The second-order valence-electron chi connectivity index (χ2n) is 3.66. The molecular weight excluding hydrogens is 200 g/mol. The van der Waals surface area contributed by atoms with Crippen molar-refractivity contribution < 1.29 is 5.11 Å². The van der Waals surface area contributed by atoms with Gasteiger partial charge in [-0.3, -0.25) is 0 Å². The molecule has 4 N–H and O–H groups in total. The van der Waals surface area contributed by atoms with Crippen molar-refractivity contribution in [3.8, 4) is 0 Å². The van der Waals surface area contributed by atoms with Crippen molar-refractivity contribution >= 4 is 17.3 Å². The number of nitrogens with two attached hydrogens (primary N) is 1. The van der Waals surface area contributed by atoms with E-state index in [1.165, 1.54) is 0 Å². The predicted molar refractivity (Wildman–Crippen MR) is 57.2 cm³/mol. The van der Waals surface area contributed by atoms with Crippen molar-refractivity contribution in [3.63, 3.8) is 0 Å². The van der Waals surface area contributed by atoms with Crippen LogP contribution in [0.2, 0.25) is 5.02 Å². The number of para-hydroxylation sites is 1. The van der Waals surface area contributed by atoms with E-state index in [0.717, 1.165) is 12.1 Å². The summed E-state index contributed by atoms with van der Waals surface area (Å²) in [5.41, 5.74) is 6.19. The average Bonchev–Trinajstić information content (AvgIpc) is 2.58. The third kappa shape index (κ3) is 1.47. The number of hydrogen-bond acceptors (Lipinski definition) is 3. The molecule has 0 amide bonds. The second-order valence-corrected chi connectivity index (χ2v) is 4.07. The molecule has 1 atom stereocenters. The van der Waals surface area contributed by atoms with Crippen LogP contribution in [0.5, 0.6) is 0 Å². The van der Waals surface area contributed by atoms with Gasteiger partial charge in [-0.2, -0.15) is 0 Å². The summed E-state index contributed by atoms with van der Waals surface area (Å²) in [6.07, 6.45) is 0.678.